The number of nitrogens with two attached hydrogens (primary N) is 1. The molecular formula is C23H52ClNO3Si. The summed E-state index contributed by atoms with van der Waals surface area (Å²) in [6.07, 6.45) is 20.2. The van der Waals surface area contributed by atoms with Gasteiger partial charge in [-0.1, -0.05) is 96.8 Å². The third-order valence-electron chi connectivity index (χ3n) is 6.02. The summed E-state index contributed by atoms with van der Waals surface area (Å²) in [5.41, 5.74) is 6.19. The van der Waals surface area contributed by atoms with Gasteiger partial charge in [0.2, 0.25) is 0 Å². The number of hydrogen-bond acceptors (Lipinski definition) is 4. The zero-order valence-electron chi connectivity index (χ0n) is 20.4. The van der Waals surface area contributed by atoms with Crippen molar-refractivity contribution in [3.63, 3.8) is 0 Å². The van der Waals surface area contributed by atoms with Gasteiger partial charge in [-0.2, -0.15) is 0 Å². The van der Waals surface area contributed by atoms with Gasteiger partial charge in [0.05, 0.1) is 0 Å². The van der Waals surface area contributed by atoms with E-state index in [9.17, 15) is 0 Å². The molecule has 0 saturated carbocycles. The van der Waals surface area contributed by atoms with E-state index in [4.69, 9.17) is 19.0 Å². The van der Waals surface area contributed by atoms with Gasteiger partial charge in [-0.15, -0.1) is 12.4 Å². The summed E-state index contributed by atoms with van der Waals surface area (Å²) in [5.74, 6) is 0. The van der Waals surface area contributed by atoms with Crippen molar-refractivity contribution in [1.82, 2.24) is 0 Å². The minimum Gasteiger partial charge on any atom is -0.377 e. The van der Waals surface area contributed by atoms with Crippen molar-refractivity contribution in [2.75, 3.05) is 21.3 Å². The predicted molar refractivity (Wildman–Crippen MR) is 131 cm³/mol. The molecule has 0 rings (SSSR count). The number of hydrogen-bond donors (Lipinski definition) is 1. The molecule has 6 heteroatoms. The maximum Gasteiger partial charge on any atom is 0.505 e. The van der Waals surface area contributed by atoms with Crippen molar-refractivity contribution >= 4 is 21.2 Å². The van der Waals surface area contributed by atoms with E-state index in [1.54, 1.807) is 21.3 Å². The first-order valence-electron chi connectivity index (χ1n) is 11.8. The summed E-state index contributed by atoms with van der Waals surface area (Å²) in [7, 11) is 2.34. The fourth-order valence-corrected chi connectivity index (χ4v) is 7.05. The summed E-state index contributed by atoms with van der Waals surface area (Å²) in [6, 6.07) is 0. The fourth-order valence-electron chi connectivity index (χ4n) is 4.22. The van der Waals surface area contributed by atoms with Gasteiger partial charge in [0.15, 0.2) is 0 Å². The van der Waals surface area contributed by atoms with E-state index >= 15 is 0 Å². The predicted octanol–water partition coefficient (Wildman–Crippen LogP) is 7.27. The van der Waals surface area contributed by atoms with Crippen LogP contribution in [0, 0.1) is 0 Å². The van der Waals surface area contributed by atoms with E-state index in [1.165, 1.54) is 83.5 Å². The van der Waals surface area contributed by atoms with E-state index in [1.807, 2.05) is 0 Å². The van der Waals surface area contributed by atoms with Crippen LogP contribution >= 0.6 is 12.4 Å². The second kappa shape index (κ2) is 19.1. The second-order valence-corrected chi connectivity index (χ2v) is 12.1. The Morgan fingerprint density at radius 3 is 1.24 bits per heavy atom. The van der Waals surface area contributed by atoms with Gasteiger partial charge in [-0.25, -0.2) is 0 Å². The highest BCUT2D eigenvalue weighted by molar-refractivity contribution is 6.62. The van der Waals surface area contributed by atoms with Crippen molar-refractivity contribution in [3.8, 4) is 0 Å². The Bertz CT molecular complexity index is 341. The quantitative estimate of drug-likeness (QED) is 0.155. The zero-order chi connectivity index (χ0) is 21.3. The zero-order valence-corrected chi connectivity index (χ0v) is 22.2. The standard InChI is InChI=1S/C23H51NO3Si.ClH/c1-7-8-9-10-11-12-13-14-15-16-17-18-19-20-21-22(23(2,3)24)28(25-4,26-5)27-6;/h22H,7-21,24H2,1-6H3;1H. The molecule has 178 valence electrons. The lowest BCUT2D eigenvalue weighted by atomic mass is 9.96. The SMILES string of the molecule is CCCCCCCCCCCCCCCCC(C(C)(C)N)[Si](OC)(OC)OC.Cl. The molecule has 1 unspecified atom stereocenters. The van der Waals surface area contributed by atoms with E-state index in [0.717, 1.165) is 12.8 Å². The van der Waals surface area contributed by atoms with Crippen molar-refractivity contribution < 1.29 is 13.3 Å². The Balaban J connectivity index is 0. The monoisotopic (exact) mass is 453 g/mol. The minimum atomic E-state index is -2.71. The Labute approximate surface area is 189 Å². The van der Waals surface area contributed by atoms with Crippen LogP contribution in [0.1, 0.15) is 117 Å². The Morgan fingerprint density at radius 2 is 0.966 bits per heavy atom. The molecule has 0 aromatic carbocycles. The second-order valence-electron chi connectivity index (χ2n) is 8.97. The summed E-state index contributed by atoms with van der Waals surface area (Å²) < 4.78 is 17.1. The van der Waals surface area contributed by atoms with Gasteiger partial charge in [0.25, 0.3) is 0 Å². The minimum absolute atomic E-state index is 0. The highest BCUT2D eigenvalue weighted by Crippen LogP contribution is 2.37. The van der Waals surface area contributed by atoms with E-state index in [2.05, 4.69) is 20.8 Å². The molecule has 0 aromatic heterocycles. The molecule has 29 heavy (non-hydrogen) atoms. The molecule has 0 spiro atoms. The smallest absolute Gasteiger partial charge is 0.377 e. The largest absolute Gasteiger partial charge is 0.505 e. The lowest BCUT2D eigenvalue weighted by molar-refractivity contribution is 0.0976. The maximum absolute atomic E-state index is 6.44. The summed E-state index contributed by atoms with van der Waals surface area (Å²) in [4.78, 5) is 0. The summed E-state index contributed by atoms with van der Waals surface area (Å²) in [6.45, 7) is 6.39. The number of unbranched alkanes of at least 4 members (excludes halogenated alkanes) is 13. The lowest BCUT2D eigenvalue weighted by Gasteiger charge is -2.40. The normalized spacial score (nSPS) is 13.3. The summed E-state index contributed by atoms with van der Waals surface area (Å²) in [5, 5.41) is 0. The van der Waals surface area contributed by atoms with Crippen molar-refractivity contribution in [2.24, 2.45) is 5.73 Å². The van der Waals surface area contributed by atoms with Gasteiger partial charge in [0.1, 0.15) is 0 Å². The average Bonchev–Trinajstić information content (AvgIpc) is 2.67. The molecule has 0 radical (unpaired) electrons. The van der Waals surface area contributed by atoms with Gasteiger partial charge in [-0.05, 0) is 20.3 Å². The van der Waals surface area contributed by atoms with Gasteiger partial charge >= 0.3 is 8.80 Å². The van der Waals surface area contributed by atoms with Crippen LogP contribution in [-0.2, 0) is 13.3 Å². The summed E-state index contributed by atoms with van der Waals surface area (Å²) >= 11 is 0. The molecule has 0 aromatic rings. The van der Waals surface area contributed by atoms with E-state index in [0.29, 0.717) is 0 Å². The van der Waals surface area contributed by atoms with Crippen LogP contribution in [0.25, 0.3) is 0 Å². The first-order valence-corrected chi connectivity index (χ1v) is 13.6. The third kappa shape index (κ3) is 14.1. The number of halogens is 1. The van der Waals surface area contributed by atoms with Crippen molar-refractivity contribution in [1.29, 1.82) is 0 Å². The molecule has 0 saturated heterocycles. The van der Waals surface area contributed by atoms with Crippen molar-refractivity contribution in [2.45, 2.75) is 128 Å². The Morgan fingerprint density at radius 1 is 0.655 bits per heavy atom. The van der Waals surface area contributed by atoms with Crippen LogP contribution in [0.2, 0.25) is 5.54 Å². The molecule has 4 nitrogen and oxygen atoms in total. The molecule has 0 bridgehead atoms. The van der Waals surface area contributed by atoms with E-state index < -0.39 is 8.80 Å². The van der Waals surface area contributed by atoms with Gasteiger partial charge < -0.3 is 19.0 Å². The topological polar surface area (TPSA) is 53.7 Å². The molecule has 0 aliphatic carbocycles. The molecule has 0 heterocycles. The molecule has 0 aliphatic rings. The van der Waals surface area contributed by atoms with Crippen LogP contribution in [0.4, 0.5) is 0 Å². The maximum atomic E-state index is 6.44. The lowest BCUT2D eigenvalue weighted by Crippen LogP contribution is -2.57. The Hall–Kier alpha value is 0.347. The average molecular weight is 454 g/mol. The fraction of sp³-hybridized carbons (Fsp3) is 1.00. The van der Waals surface area contributed by atoms with Crippen LogP contribution < -0.4 is 5.73 Å². The highest BCUT2D eigenvalue weighted by Gasteiger charge is 2.52. The van der Waals surface area contributed by atoms with Gasteiger partial charge in [0, 0.05) is 32.4 Å². The highest BCUT2D eigenvalue weighted by atomic mass is 35.5. The Kier molecular flexibility index (Phi) is 20.7. The van der Waals surface area contributed by atoms with E-state index in [-0.39, 0.29) is 23.5 Å². The van der Waals surface area contributed by atoms with Crippen LogP contribution in [0.5, 0.6) is 0 Å². The van der Waals surface area contributed by atoms with Crippen LogP contribution in [0.3, 0.4) is 0 Å². The number of rotatable bonds is 20. The van der Waals surface area contributed by atoms with Crippen LogP contribution in [-0.4, -0.2) is 35.7 Å². The molecule has 0 amide bonds. The molecule has 1 atom stereocenters. The third-order valence-corrected chi connectivity index (χ3v) is 9.62. The van der Waals surface area contributed by atoms with Gasteiger partial charge in [-0.3, -0.25) is 0 Å². The first kappa shape index (κ1) is 31.5. The molecule has 0 aliphatic heterocycles. The first-order chi connectivity index (χ1) is 13.4. The molecule has 0 fully saturated rings. The molecular weight excluding hydrogens is 402 g/mol. The van der Waals surface area contributed by atoms with Crippen molar-refractivity contribution in [3.05, 3.63) is 0 Å². The molecule has 2 N–H and O–H groups in total. The van der Waals surface area contributed by atoms with Crippen LogP contribution in [0.15, 0.2) is 0 Å².